The van der Waals surface area contributed by atoms with Gasteiger partial charge in [0.1, 0.15) is 0 Å². The molecule has 1 N–H and O–H groups in total. The number of ketones is 1. The number of benzene rings is 2. The van der Waals surface area contributed by atoms with Gasteiger partial charge in [0, 0.05) is 59.3 Å². The van der Waals surface area contributed by atoms with Crippen molar-refractivity contribution in [3.05, 3.63) is 63.8 Å². The van der Waals surface area contributed by atoms with Crippen molar-refractivity contribution < 1.29 is 9.53 Å². The second-order valence-electron chi connectivity index (χ2n) is 10.2. The standard InChI is InChI=1S/C29H28N4O2/c1-4-5-19-13-22-23(14-25(19)33-10-8-32(9-11-33)20-16-35-17-20)29(2,3)28-26(27(22)34)21-7-6-18(15-30)12-24(21)31-28/h6-7,12-14,20,31H,8-11,16-17H2,1-3H3. The predicted molar refractivity (Wildman–Crippen MR) is 136 cm³/mol. The van der Waals surface area contributed by atoms with Crippen LogP contribution in [0.2, 0.25) is 0 Å². The highest BCUT2D eigenvalue weighted by Crippen LogP contribution is 2.45. The molecule has 35 heavy (non-hydrogen) atoms. The molecule has 0 atom stereocenters. The summed E-state index contributed by atoms with van der Waals surface area (Å²) in [5, 5.41) is 10.2. The van der Waals surface area contributed by atoms with Gasteiger partial charge in [0.25, 0.3) is 0 Å². The molecule has 176 valence electrons. The lowest BCUT2D eigenvalue weighted by Crippen LogP contribution is -2.56. The summed E-state index contributed by atoms with van der Waals surface area (Å²) in [7, 11) is 0. The van der Waals surface area contributed by atoms with Crippen molar-refractivity contribution in [2.45, 2.75) is 32.2 Å². The number of nitrogens with zero attached hydrogens (tertiary/aromatic N) is 3. The lowest BCUT2D eigenvalue weighted by molar-refractivity contribution is -0.0660. The highest BCUT2D eigenvalue weighted by atomic mass is 16.5. The van der Waals surface area contributed by atoms with Gasteiger partial charge in [0.15, 0.2) is 5.78 Å². The van der Waals surface area contributed by atoms with Crippen LogP contribution < -0.4 is 4.90 Å². The fraction of sp³-hybridized carbons (Fsp3) is 0.379. The smallest absolute Gasteiger partial charge is 0.195 e. The third-order valence-corrected chi connectivity index (χ3v) is 7.89. The largest absolute Gasteiger partial charge is 0.378 e. The van der Waals surface area contributed by atoms with E-state index >= 15 is 0 Å². The van der Waals surface area contributed by atoms with Crippen molar-refractivity contribution in [2.24, 2.45) is 0 Å². The fourth-order valence-electron chi connectivity index (χ4n) is 5.79. The normalized spacial score (nSPS) is 19.4. The summed E-state index contributed by atoms with van der Waals surface area (Å²) in [5.41, 5.74) is 6.38. The summed E-state index contributed by atoms with van der Waals surface area (Å²) in [6.45, 7) is 11.7. The SMILES string of the molecule is CC#Cc1cc2c(cc1N1CCN(C3COC3)CC1)C(C)(C)c1[nH]c3cc(C#N)ccc3c1C2=O. The van der Waals surface area contributed by atoms with Crippen molar-refractivity contribution in [3.8, 4) is 17.9 Å². The number of piperazine rings is 1. The van der Waals surface area contributed by atoms with E-state index < -0.39 is 5.41 Å². The molecule has 3 aliphatic rings. The van der Waals surface area contributed by atoms with Gasteiger partial charge in [0.2, 0.25) is 0 Å². The number of nitrogens with one attached hydrogen (secondary N) is 1. The van der Waals surface area contributed by atoms with Gasteiger partial charge in [-0.2, -0.15) is 5.26 Å². The Kier molecular flexibility index (Phi) is 5.00. The van der Waals surface area contributed by atoms with Crippen molar-refractivity contribution in [1.29, 1.82) is 5.26 Å². The number of H-pyrrole nitrogens is 1. The molecule has 0 unspecified atom stereocenters. The topological polar surface area (TPSA) is 72.4 Å². The molecule has 3 heterocycles. The van der Waals surface area contributed by atoms with Crippen LogP contribution in [-0.2, 0) is 10.2 Å². The third kappa shape index (κ3) is 3.29. The van der Waals surface area contributed by atoms with Crippen LogP contribution >= 0.6 is 0 Å². The van der Waals surface area contributed by atoms with Gasteiger partial charge >= 0.3 is 0 Å². The lowest BCUT2D eigenvalue weighted by atomic mass is 9.70. The Labute approximate surface area is 205 Å². The first kappa shape index (κ1) is 21.9. The molecule has 2 fully saturated rings. The van der Waals surface area contributed by atoms with Gasteiger partial charge in [-0.1, -0.05) is 25.8 Å². The second kappa shape index (κ2) is 7.99. The number of anilines is 1. The first-order valence-corrected chi connectivity index (χ1v) is 12.2. The molecule has 3 aromatic rings. The molecule has 0 spiro atoms. The van der Waals surface area contributed by atoms with E-state index in [9.17, 15) is 10.1 Å². The molecular weight excluding hydrogens is 436 g/mol. The van der Waals surface area contributed by atoms with E-state index in [0.29, 0.717) is 17.2 Å². The first-order valence-electron chi connectivity index (χ1n) is 12.2. The van der Waals surface area contributed by atoms with E-state index in [-0.39, 0.29) is 5.78 Å². The van der Waals surface area contributed by atoms with Crippen LogP contribution in [0.1, 0.15) is 59.1 Å². The second-order valence-corrected chi connectivity index (χ2v) is 10.2. The first-order chi connectivity index (χ1) is 16.9. The van der Waals surface area contributed by atoms with E-state index in [2.05, 4.69) is 52.6 Å². The Balaban J connectivity index is 1.45. The Bertz CT molecular complexity index is 1470. The summed E-state index contributed by atoms with van der Waals surface area (Å²) in [5.74, 6) is 6.35. The van der Waals surface area contributed by atoms with Gasteiger partial charge in [-0.15, -0.1) is 5.92 Å². The van der Waals surface area contributed by atoms with Gasteiger partial charge in [-0.05, 0) is 36.8 Å². The number of nitriles is 1. The van der Waals surface area contributed by atoms with Crippen LogP contribution in [0.3, 0.4) is 0 Å². The number of ether oxygens (including phenoxy) is 1. The predicted octanol–water partition coefficient (Wildman–Crippen LogP) is 3.80. The van der Waals surface area contributed by atoms with E-state index in [0.717, 1.165) is 78.4 Å². The number of fused-ring (bicyclic) bond motifs is 4. The Morgan fingerprint density at radius 3 is 2.54 bits per heavy atom. The molecule has 2 aromatic carbocycles. The average Bonchev–Trinajstić information content (AvgIpc) is 3.22. The van der Waals surface area contributed by atoms with E-state index in [1.807, 2.05) is 25.1 Å². The minimum Gasteiger partial charge on any atom is -0.378 e. The Morgan fingerprint density at radius 1 is 1.11 bits per heavy atom. The van der Waals surface area contributed by atoms with Crippen LogP contribution in [0.5, 0.6) is 0 Å². The van der Waals surface area contributed by atoms with E-state index in [1.165, 1.54) is 0 Å². The number of carbonyl (C=O) groups excluding carboxylic acids is 1. The summed E-state index contributed by atoms with van der Waals surface area (Å²) in [6, 6.07) is 12.4. The molecule has 1 aliphatic carbocycles. The number of hydrogen-bond acceptors (Lipinski definition) is 5. The van der Waals surface area contributed by atoms with Gasteiger partial charge in [-0.25, -0.2) is 0 Å². The van der Waals surface area contributed by atoms with Crippen LogP contribution in [-0.4, -0.2) is 61.1 Å². The Hall–Kier alpha value is -3.58. The van der Waals surface area contributed by atoms with Gasteiger partial charge in [0.05, 0.1) is 42.1 Å². The lowest BCUT2D eigenvalue weighted by Gasteiger charge is -2.43. The number of aromatic amines is 1. The zero-order chi connectivity index (χ0) is 24.3. The number of carbonyl (C=O) groups is 1. The molecule has 6 rings (SSSR count). The highest BCUT2D eigenvalue weighted by molar-refractivity contribution is 6.20. The number of rotatable bonds is 2. The van der Waals surface area contributed by atoms with Crippen molar-refractivity contribution >= 4 is 22.4 Å². The third-order valence-electron chi connectivity index (χ3n) is 7.89. The van der Waals surface area contributed by atoms with Crippen molar-refractivity contribution in [1.82, 2.24) is 9.88 Å². The van der Waals surface area contributed by atoms with Crippen LogP contribution in [0, 0.1) is 23.2 Å². The molecule has 6 nitrogen and oxygen atoms in total. The maximum Gasteiger partial charge on any atom is 0.195 e. The summed E-state index contributed by atoms with van der Waals surface area (Å²) in [6.07, 6.45) is 0. The molecule has 6 heteroatoms. The average molecular weight is 465 g/mol. The molecule has 0 saturated carbocycles. The highest BCUT2D eigenvalue weighted by Gasteiger charge is 2.41. The van der Waals surface area contributed by atoms with Gasteiger partial charge in [-0.3, -0.25) is 9.69 Å². The number of aromatic nitrogens is 1. The van der Waals surface area contributed by atoms with E-state index in [1.54, 1.807) is 6.07 Å². The summed E-state index contributed by atoms with van der Waals surface area (Å²) >= 11 is 0. The zero-order valence-corrected chi connectivity index (χ0v) is 20.4. The minimum atomic E-state index is -0.400. The fourth-order valence-corrected chi connectivity index (χ4v) is 5.79. The maximum atomic E-state index is 13.9. The zero-order valence-electron chi connectivity index (χ0n) is 20.4. The quantitative estimate of drug-likeness (QED) is 0.584. The van der Waals surface area contributed by atoms with Crippen LogP contribution in [0.15, 0.2) is 30.3 Å². The van der Waals surface area contributed by atoms with E-state index in [4.69, 9.17) is 4.74 Å². The number of hydrogen-bond donors (Lipinski definition) is 1. The molecular formula is C29H28N4O2. The molecule has 1 aromatic heterocycles. The molecule has 0 bridgehead atoms. The minimum absolute atomic E-state index is 0.0192. The molecule has 0 radical (unpaired) electrons. The molecule has 2 saturated heterocycles. The van der Waals surface area contributed by atoms with Crippen molar-refractivity contribution in [2.75, 3.05) is 44.3 Å². The van der Waals surface area contributed by atoms with Gasteiger partial charge < -0.3 is 14.6 Å². The maximum absolute atomic E-state index is 13.9. The van der Waals surface area contributed by atoms with Crippen molar-refractivity contribution in [3.63, 3.8) is 0 Å². The summed E-state index contributed by atoms with van der Waals surface area (Å²) < 4.78 is 5.38. The summed E-state index contributed by atoms with van der Waals surface area (Å²) in [4.78, 5) is 22.3. The monoisotopic (exact) mass is 464 g/mol. The van der Waals surface area contributed by atoms with Crippen LogP contribution in [0.4, 0.5) is 5.69 Å². The van der Waals surface area contributed by atoms with Crippen LogP contribution in [0.25, 0.3) is 10.9 Å². The Morgan fingerprint density at radius 2 is 1.89 bits per heavy atom. The molecule has 2 aliphatic heterocycles. The molecule has 0 amide bonds.